The van der Waals surface area contributed by atoms with E-state index in [1.807, 2.05) is 18.4 Å². The van der Waals surface area contributed by atoms with Gasteiger partial charge in [-0.05, 0) is 13.8 Å². The van der Waals surface area contributed by atoms with Crippen molar-refractivity contribution in [3.8, 4) is 0 Å². The smallest absolute Gasteiger partial charge is 0.231 e. The topological polar surface area (TPSA) is 121 Å². The molecule has 4 N–H and O–H groups in total. The predicted molar refractivity (Wildman–Crippen MR) is 73.3 cm³/mol. The van der Waals surface area contributed by atoms with Gasteiger partial charge in [0.05, 0.1) is 25.6 Å². The first kappa shape index (κ1) is 16.9. The van der Waals surface area contributed by atoms with Crippen LogP contribution in [0.15, 0.2) is 11.5 Å². The number of carbonyl (C=O) groups is 1. The summed E-state index contributed by atoms with van der Waals surface area (Å²) in [6.07, 6.45) is 1.59. The van der Waals surface area contributed by atoms with Gasteiger partial charge in [0.2, 0.25) is 5.91 Å². The Morgan fingerprint density at radius 1 is 1.40 bits per heavy atom. The van der Waals surface area contributed by atoms with Crippen LogP contribution in [-0.4, -0.2) is 67.1 Å². The third-order valence-electron chi connectivity index (χ3n) is 2.74. The lowest BCUT2D eigenvalue weighted by atomic mass is 10.0. The first-order valence-corrected chi connectivity index (χ1v) is 7.12. The standard InChI is InChI=1S/C11H20N4O4S/c1-8(2)15-7-12-14-10(15)20-3-9(19)13-11(4-16,5-17)6-18/h7-8,16-18H,3-6H2,1-2H3,(H,13,19). The van der Waals surface area contributed by atoms with E-state index in [1.54, 1.807) is 6.33 Å². The Balaban J connectivity index is 2.57. The van der Waals surface area contributed by atoms with Gasteiger partial charge in [0.1, 0.15) is 11.9 Å². The number of nitrogens with one attached hydrogen (secondary N) is 1. The van der Waals surface area contributed by atoms with E-state index in [-0.39, 0.29) is 11.8 Å². The second kappa shape index (κ2) is 7.58. The molecule has 8 nitrogen and oxygen atoms in total. The van der Waals surface area contributed by atoms with E-state index in [2.05, 4.69) is 15.5 Å². The Kier molecular flexibility index (Phi) is 6.40. The molecule has 0 atom stereocenters. The number of aromatic nitrogens is 3. The average molecular weight is 304 g/mol. The molecule has 0 saturated heterocycles. The number of rotatable bonds is 8. The normalized spacial score (nSPS) is 11.9. The lowest BCUT2D eigenvalue weighted by Crippen LogP contribution is -2.57. The molecular weight excluding hydrogens is 284 g/mol. The highest BCUT2D eigenvalue weighted by molar-refractivity contribution is 7.99. The van der Waals surface area contributed by atoms with Crippen molar-refractivity contribution < 1.29 is 20.1 Å². The molecule has 20 heavy (non-hydrogen) atoms. The number of thioether (sulfide) groups is 1. The van der Waals surface area contributed by atoms with Gasteiger partial charge in [0.25, 0.3) is 0 Å². The van der Waals surface area contributed by atoms with Crippen molar-refractivity contribution in [2.45, 2.75) is 30.6 Å². The fourth-order valence-corrected chi connectivity index (χ4v) is 2.26. The van der Waals surface area contributed by atoms with E-state index in [0.29, 0.717) is 5.16 Å². The van der Waals surface area contributed by atoms with Crippen molar-refractivity contribution in [2.75, 3.05) is 25.6 Å². The Labute approximate surface area is 121 Å². The number of carbonyl (C=O) groups excluding carboxylic acids is 1. The van der Waals surface area contributed by atoms with E-state index < -0.39 is 31.3 Å². The molecule has 0 fully saturated rings. The second-order valence-electron chi connectivity index (χ2n) is 4.71. The maximum Gasteiger partial charge on any atom is 0.231 e. The lowest BCUT2D eigenvalue weighted by molar-refractivity contribution is -0.122. The zero-order valence-electron chi connectivity index (χ0n) is 11.5. The summed E-state index contributed by atoms with van der Waals surface area (Å²) in [7, 11) is 0. The fraction of sp³-hybridized carbons (Fsp3) is 0.727. The third-order valence-corrected chi connectivity index (χ3v) is 3.70. The minimum atomic E-state index is -1.40. The molecule has 0 aliphatic heterocycles. The maximum atomic E-state index is 11.8. The van der Waals surface area contributed by atoms with E-state index in [0.717, 1.165) is 0 Å². The van der Waals surface area contributed by atoms with Gasteiger partial charge in [-0.3, -0.25) is 4.79 Å². The quantitative estimate of drug-likeness (QED) is 0.444. The number of aliphatic hydroxyl groups excluding tert-OH is 3. The summed E-state index contributed by atoms with van der Waals surface area (Å²) in [4.78, 5) is 11.8. The summed E-state index contributed by atoms with van der Waals surface area (Å²) in [5, 5.41) is 38.1. The summed E-state index contributed by atoms with van der Waals surface area (Å²) in [6, 6.07) is 0.182. The van der Waals surface area contributed by atoms with Crippen LogP contribution < -0.4 is 5.32 Å². The molecule has 1 amide bonds. The summed E-state index contributed by atoms with van der Waals surface area (Å²) >= 11 is 1.19. The van der Waals surface area contributed by atoms with E-state index in [9.17, 15) is 4.79 Å². The number of amides is 1. The molecule has 9 heteroatoms. The van der Waals surface area contributed by atoms with E-state index >= 15 is 0 Å². The zero-order valence-corrected chi connectivity index (χ0v) is 12.3. The molecule has 0 unspecified atom stereocenters. The van der Waals surface area contributed by atoms with Crippen molar-refractivity contribution in [2.24, 2.45) is 0 Å². The van der Waals surface area contributed by atoms with E-state index in [4.69, 9.17) is 15.3 Å². The number of nitrogens with zero attached hydrogens (tertiary/aromatic N) is 3. The van der Waals surface area contributed by atoms with Crippen molar-refractivity contribution >= 4 is 17.7 Å². The highest BCUT2D eigenvalue weighted by Gasteiger charge is 2.29. The fourth-order valence-electron chi connectivity index (χ4n) is 1.42. The Morgan fingerprint density at radius 2 is 2.00 bits per heavy atom. The summed E-state index contributed by atoms with van der Waals surface area (Å²) < 4.78 is 1.83. The molecule has 0 aliphatic rings. The molecule has 1 rings (SSSR count). The molecule has 1 aromatic heterocycles. The van der Waals surface area contributed by atoms with Crippen LogP contribution in [0.25, 0.3) is 0 Å². The molecule has 0 saturated carbocycles. The van der Waals surface area contributed by atoms with Crippen LogP contribution in [0, 0.1) is 0 Å². The summed E-state index contributed by atoms with van der Waals surface area (Å²) in [5.41, 5.74) is -1.40. The van der Waals surface area contributed by atoms with Crippen molar-refractivity contribution in [1.29, 1.82) is 0 Å². The van der Waals surface area contributed by atoms with Crippen LogP contribution in [0.1, 0.15) is 19.9 Å². The van der Waals surface area contributed by atoms with Gasteiger partial charge in [-0.1, -0.05) is 11.8 Å². The second-order valence-corrected chi connectivity index (χ2v) is 5.65. The van der Waals surface area contributed by atoms with Crippen LogP contribution in [0.4, 0.5) is 0 Å². The van der Waals surface area contributed by atoms with Gasteiger partial charge in [-0.25, -0.2) is 0 Å². The van der Waals surface area contributed by atoms with E-state index in [1.165, 1.54) is 11.8 Å². The van der Waals surface area contributed by atoms with Crippen molar-refractivity contribution in [3.05, 3.63) is 6.33 Å². The average Bonchev–Trinajstić information content (AvgIpc) is 2.91. The van der Waals surface area contributed by atoms with Crippen LogP contribution >= 0.6 is 11.8 Å². The maximum absolute atomic E-state index is 11.8. The molecule has 0 aromatic carbocycles. The molecule has 0 spiro atoms. The molecule has 0 radical (unpaired) electrons. The lowest BCUT2D eigenvalue weighted by Gasteiger charge is -2.28. The number of aliphatic hydroxyl groups is 3. The zero-order chi connectivity index (χ0) is 15.2. The van der Waals surface area contributed by atoms with Gasteiger partial charge in [0, 0.05) is 6.04 Å². The van der Waals surface area contributed by atoms with Crippen LogP contribution in [-0.2, 0) is 4.79 Å². The molecule has 1 aromatic rings. The largest absolute Gasteiger partial charge is 0.394 e. The van der Waals surface area contributed by atoms with Crippen LogP contribution in [0.2, 0.25) is 0 Å². The third kappa shape index (κ3) is 4.17. The molecular formula is C11H20N4O4S. The van der Waals surface area contributed by atoms with Crippen LogP contribution in [0.5, 0.6) is 0 Å². The van der Waals surface area contributed by atoms with Gasteiger partial charge >= 0.3 is 0 Å². The van der Waals surface area contributed by atoms with Crippen molar-refractivity contribution in [1.82, 2.24) is 20.1 Å². The first-order valence-electron chi connectivity index (χ1n) is 6.14. The number of hydrogen-bond acceptors (Lipinski definition) is 7. The minimum Gasteiger partial charge on any atom is -0.394 e. The molecule has 0 bridgehead atoms. The predicted octanol–water partition coefficient (Wildman–Crippen LogP) is -1.22. The highest BCUT2D eigenvalue weighted by atomic mass is 32.2. The SMILES string of the molecule is CC(C)n1cnnc1SCC(=O)NC(CO)(CO)CO. The highest BCUT2D eigenvalue weighted by Crippen LogP contribution is 2.18. The Bertz CT molecular complexity index is 426. The molecule has 1 heterocycles. The molecule has 0 aliphatic carbocycles. The minimum absolute atomic E-state index is 0.0488. The van der Waals surface area contributed by atoms with Gasteiger partial charge < -0.3 is 25.2 Å². The van der Waals surface area contributed by atoms with Crippen LogP contribution in [0.3, 0.4) is 0 Å². The first-order chi connectivity index (χ1) is 9.48. The Morgan fingerprint density at radius 3 is 2.50 bits per heavy atom. The number of hydrogen-bond donors (Lipinski definition) is 4. The Hall–Kier alpha value is -1.16. The molecule has 114 valence electrons. The monoisotopic (exact) mass is 304 g/mol. The summed E-state index contributed by atoms with van der Waals surface area (Å²) in [5.74, 6) is -0.363. The summed E-state index contributed by atoms with van der Waals surface area (Å²) in [6.45, 7) is 2.32. The van der Waals surface area contributed by atoms with Gasteiger partial charge in [-0.2, -0.15) is 0 Å². The van der Waals surface area contributed by atoms with Gasteiger partial charge in [-0.15, -0.1) is 10.2 Å². The van der Waals surface area contributed by atoms with Crippen molar-refractivity contribution in [3.63, 3.8) is 0 Å². The van der Waals surface area contributed by atoms with Gasteiger partial charge in [0.15, 0.2) is 5.16 Å².